The highest BCUT2D eigenvalue weighted by Gasteiger charge is 2.32. The number of para-hydroxylation sites is 1. The van der Waals surface area contributed by atoms with Crippen LogP contribution in [0.1, 0.15) is 30.4 Å². The zero-order valence-electron chi connectivity index (χ0n) is 16.0. The maximum absolute atomic E-state index is 12.2. The Morgan fingerprint density at radius 2 is 2.14 bits per heavy atom. The lowest BCUT2D eigenvalue weighted by Gasteiger charge is -2.17. The van der Waals surface area contributed by atoms with Crippen molar-refractivity contribution >= 4 is 41.3 Å². The van der Waals surface area contributed by atoms with E-state index < -0.39 is 11.9 Å². The Morgan fingerprint density at radius 3 is 2.90 bits per heavy atom. The summed E-state index contributed by atoms with van der Waals surface area (Å²) >= 11 is 6.20. The van der Waals surface area contributed by atoms with Gasteiger partial charge in [-0.3, -0.25) is 9.59 Å². The molecule has 3 rings (SSSR count). The maximum Gasteiger partial charge on any atom is 0.306 e. The zero-order chi connectivity index (χ0) is 20.8. The van der Waals surface area contributed by atoms with Crippen LogP contribution in [0.4, 0.5) is 11.4 Å². The molecule has 0 aromatic heterocycles. The predicted molar refractivity (Wildman–Crippen MR) is 110 cm³/mol. The van der Waals surface area contributed by atoms with Gasteiger partial charge in [-0.25, -0.2) is 0 Å². The number of hydrazine groups is 1. The van der Waals surface area contributed by atoms with Gasteiger partial charge in [0.15, 0.2) is 0 Å². The van der Waals surface area contributed by atoms with Gasteiger partial charge in [-0.15, -0.1) is 5.10 Å². The number of anilines is 2. The molecule has 1 aliphatic heterocycles. The average molecular weight is 417 g/mol. The lowest BCUT2D eigenvalue weighted by atomic mass is 9.93. The molecule has 1 aliphatic rings. The number of amides is 1. The summed E-state index contributed by atoms with van der Waals surface area (Å²) in [4.78, 5) is 28.8. The Labute approximate surface area is 173 Å². The SMILES string of the molecule is CCOC(=O)CC(C1=NN(c2cccc(Cl)c2C)NO1)c1ccccc1NC=O. The van der Waals surface area contributed by atoms with Crippen LogP contribution in [0.2, 0.25) is 5.02 Å². The molecule has 0 saturated carbocycles. The number of rotatable bonds is 8. The fourth-order valence-electron chi connectivity index (χ4n) is 3.01. The van der Waals surface area contributed by atoms with Crippen LogP contribution in [-0.4, -0.2) is 24.9 Å². The summed E-state index contributed by atoms with van der Waals surface area (Å²) in [5, 5.41) is 9.18. The summed E-state index contributed by atoms with van der Waals surface area (Å²) in [6.45, 7) is 3.87. The van der Waals surface area contributed by atoms with Crippen LogP contribution >= 0.6 is 11.6 Å². The van der Waals surface area contributed by atoms with Gasteiger partial charge in [0, 0.05) is 10.7 Å². The summed E-state index contributed by atoms with van der Waals surface area (Å²) in [5.41, 5.74) is 5.49. The van der Waals surface area contributed by atoms with Gasteiger partial charge in [0.1, 0.15) is 0 Å². The quantitative estimate of drug-likeness (QED) is 0.505. The van der Waals surface area contributed by atoms with E-state index in [2.05, 4.69) is 16.0 Å². The molecule has 9 heteroatoms. The van der Waals surface area contributed by atoms with Gasteiger partial charge in [-0.05, 0) is 48.8 Å². The van der Waals surface area contributed by atoms with Crippen LogP contribution in [0.3, 0.4) is 0 Å². The van der Waals surface area contributed by atoms with E-state index in [0.29, 0.717) is 28.4 Å². The first kappa shape index (κ1) is 20.6. The molecule has 0 aliphatic carbocycles. The summed E-state index contributed by atoms with van der Waals surface area (Å²) in [7, 11) is 0. The maximum atomic E-state index is 12.2. The number of benzene rings is 2. The van der Waals surface area contributed by atoms with Gasteiger partial charge in [-0.2, -0.15) is 5.12 Å². The molecule has 8 nitrogen and oxygen atoms in total. The molecule has 0 bridgehead atoms. The van der Waals surface area contributed by atoms with Crippen molar-refractivity contribution in [1.29, 1.82) is 0 Å². The number of halogens is 1. The Bertz CT molecular complexity index is 934. The molecule has 29 heavy (non-hydrogen) atoms. The molecule has 1 unspecified atom stereocenters. The first-order valence-electron chi connectivity index (χ1n) is 9.06. The Kier molecular flexibility index (Phi) is 6.69. The fourth-order valence-corrected chi connectivity index (χ4v) is 3.18. The Balaban J connectivity index is 1.97. The van der Waals surface area contributed by atoms with Crippen LogP contribution in [0, 0.1) is 6.92 Å². The van der Waals surface area contributed by atoms with Gasteiger partial charge in [0.2, 0.25) is 12.3 Å². The summed E-state index contributed by atoms with van der Waals surface area (Å²) in [6.07, 6.45) is 0.575. The van der Waals surface area contributed by atoms with E-state index in [0.717, 1.165) is 5.56 Å². The number of esters is 1. The van der Waals surface area contributed by atoms with E-state index in [9.17, 15) is 9.59 Å². The normalized spacial score (nSPS) is 14.0. The predicted octanol–water partition coefficient (Wildman–Crippen LogP) is 3.52. The van der Waals surface area contributed by atoms with Crippen molar-refractivity contribution in [3.05, 3.63) is 58.6 Å². The standard InChI is InChI=1S/C20H21ClN4O4/c1-3-28-19(27)11-15(14-7-4-5-9-17(14)22-12-26)20-23-25(24-29-20)18-10-6-8-16(21)13(18)2/h4-10,12,15,24H,3,11H2,1-2H3,(H,22,26). The molecule has 152 valence electrons. The number of nitrogens with one attached hydrogen (secondary N) is 2. The minimum absolute atomic E-state index is 0.00568. The zero-order valence-corrected chi connectivity index (χ0v) is 16.8. The van der Waals surface area contributed by atoms with E-state index in [4.69, 9.17) is 21.2 Å². The molecule has 1 amide bonds. The number of hydrazone groups is 1. The fraction of sp³-hybridized carbons (Fsp3) is 0.250. The monoisotopic (exact) mass is 416 g/mol. The first-order chi connectivity index (χ1) is 14.0. The van der Waals surface area contributed by atoms with Crippen molar-refractivity contribution in [2.75, 3.05) is 17.0 Å². The molecular weight excluding hydrogens is 396 g/mol. The number of carbonyl (C=O) groups excluding carboxylic acids is 2. The first-order valence-corrected chi connectivity index (χ1v) is 9.43. The molecule has 0 saturated heterocycles. The van der Waals surface area contributed by atoms with Crippen molar-refractivity contribution in [2.24, 2.45) is 5.10 Å². The second kappa shape index (κ2) is 9.40. The summed E-state index contributed by atoms with van der Waals surface area (Å²) in [6, 6.07) is 12.6. The van der Waals surface area contributed by atoms with Crippen molar-refractivity contribution in [3.63, 3.8) is 0 Å². The number of ether oxygens (including phenoxy) is 1. The van der Waals surface area contributed by atoms with Gasteiger partial charge >= 0.3 is 5.97 Å². The van der Waals surface area contributed by atoms with Crippen LogP contribution in [0.5, 0.6) is 0 Å². The second-order valence-electron chi connectivity index (χ2n) is 6.24. The lowest BCUT2D eigenvalue weighted by Crippen LogP contribution is -2.28. The number of carbonyl (C=O) groups is 2. The van der Waals surface area contributed by atoms with E-state index in [1.807, 2.05) is 19.1 Å². The van der Waals surface area contributed by atoms with Gasteiger partial charge < -0.3 is 14.9 Å². The van der Waals surface area contributed by atoms with Crippen molar-refractivity contribution in [3.8, 4) is 0 Å². The molecular formula is C20H21ClN4O4. The highest BCUT2D eigenvalue weighted by molar-refractivity contribution is 6.31. The van der Waals surface area contributed by atoms with Gasteiger partial charge in [-0.1, -0.05) is 35.9 Å². The molecule has 1 heterocycles. The summed E-state index contributed by atoms with van der Waals surface area (Å²) < 4.78 is 5.11. The minimum Gasteiger partial charge on any atom is -0.466 e. The lowest BCUT2D eigenvalue weighted by molar-refractivity contribution is -0.143. The highest BCUT2D eigenvalue weighted by Crippen LogP contribution is 2.33. The second-order valence-corrected chi connectivity index (χ2v) is 6.65. The van der Waals surface area contributed by atoms with E-state index in [1.54, 1.807) is 37.3 Å². The smallest absolute Gasteiger partial charge is 0.306 e. The molecule has 1 atom stereocenters. The van der Waals surface area contributed by atoms with Crippen LogP contribution in [0.25, 0.3) is 0 Å². The highest BCUT2D eigenvalue weighted by atomic mass is 35.5. The number of nitrogens with zero attached hydrogens (tertiary/aromatic N) is 2. The molecule has 2 aromatic carbocycles. The van der Waals surface area contributed by atoms with E-state index >= 15 is 0 Å². The largest absolute Gasteiger partial charge is 0.466 e. The molecule has 0 radical (unpaired) electrons. The molecule has 0 fully saturated rings. The van der Waals surface area contributed by atoms with Gasteiger partial charge in [0.25, 0.3) is 0 Å². The average Bonchev–Trinajstić information content (AvgIpc) is 3.19. The van der Waals surface area contributed by atoms with Crippen molar-refractivity contribution in [1.82, 2.24) is 5.59 Å². The van der Waals surface area contributed by atoms with Gasteiger partial charge in [0.05, 0.1) is 24.6 Å². The molecule has 0 spiro atoms. The van der Waals surface area contributed by atoms with E-state index in [-0.39, 0.29) is 18.9 Å². The van der Waals surface area contributed by atoms with E-state index in [1.165, 1.54) is 5.12 Å². The van der Waals surface area contributed by atoms with Crippen molar-refractivity contribution in [2.45, 2.75) is 26.2 Å². The number of hydrogen-bond acceptors (Lipinski definition) is 7. The number of hydrogen-bond donors (Lipinski definition) is 2. The Morgan fingerprint density at radius 1 is 1.34 bits per heavy atom. The van der Waals surface area contributed by atoms with Crippen LogP contribution in [-0.2, 0) is 19.2 Å². The van der Waals surface area contributed by atoms with Crippen LogP contribution in [0.15, 0.2) is 47.6 Å². The summed E-state index contributed by atoms with van der Waals surface area (Å²) in [5.74, 6) is -0.714. The molecule has 2 N–H and O–H groups in total. The minimum atomic E-state index is -0.574. The third-order valence-corrected chi connectivity index (χ3v) is 4.84. The molecule has 2 aromatic rings. The third kappa shape index (κ3) is 4.67. The van der Waals surface area contributed by atoms with Crippen molar-refractivity contribution < 1.29 is 19.2 Å². The third-order valence-electron chi connectivity index (χ3n) is 4.43. The Hall–Kier alpha value is -3.10. The van der Waals surface area contributed by atoms with Crippen LogP contribution < -0.4 is 16.0 Å². The topological polar surface area (TPSA) is 92.3 Å².